The number of hydrogen-bond acceptors (Lipinski definition) is 5. The average molecular weight is 193 g/mol. The molecule has 14 heavy (non-hydrogen) atoms. The van der Waals surface area contributed by atoms with E-state index >= 15 is 0 Å². The Morgan fingerprint density at radius 2 is 2.29 bits per heavy atom. The molecule has 1 aromatic heterocycles. The molecular formula is C7H3N3O4. The summed E-state index contributed by atoms with van der Waals surface area (Å²) in [6.45, 7) is 0. The van der Waals surface area contributed by atoms with Crippen LogP contribution in [0.4, 0.5) is 5.69 Å². The van der Waals surface area contributed by atoms with Crippen molar-refractivity contribution in [2.45, 2.75) is 0 Å². The van der Waals surface area contributed by atoms with E-state index in [4.69, 9.17) is 0 Å². The lowest BCUT2D eigenvalue weighted by atomic mass is 10.3. The fourth-order valence-corrected chi connectivity index (χ4v) is 0.719. The molecule has 1 rings (SSSR count). The molecule has 0 saturated carbocycles. The Bertz CT molecular complexity index is 419. The zero-order valence-corrected chi connectivity index (χ0v) is 6.71. The second-order valence-corrected chi connectivity index (χ2v) is 2.17. The SMILES string of the molecule is O=C=NC(=O)c1ccc([N+](=O)[O-])cn1. The second-order valence-electron chi connectivity index (χ2n) is 2.17. The minimum Gasteiger partial charge on any atom is -0.264 e. The number of isocyanates is 1. The molecular weight excluding hydrogens is 190 g/mol. The topological polar surface area (TPSA) is 103 Å². The van der Waals surface area contributed by atoms with Gasteiger partial charge in [0.25, 0.3) is 5.69 Å². The molecule has 1 aromatic rings. The van der Waals surface area contributed by atoms with Crippen LogP contribution < -0.4 is 0 Å². The van der Waals surface area contributed by atoms with Crippen LogP contribution in [0.25, 0.3) is 0 Å². The van der Waals surface area contributed by atoms with E-state index in [1.165, 1.54) is 0 Å². The normalized spacial score (nSPS) is 8.86. The maximum absolute atomic E-state index is 10.9. The van der Waals surface area contributed by atoms with Crippen LogP contribution >= 0.6 is 0 Å². The van der Waals surface area contributed by atoms with Crippen molar-refractivity contribution >= 4 is 17.7 Å². The summed E-state index contributed by atoms with van der Waals surface area (Å²) < 4.78 is 0. The summed E-state index contributed by atoms with van der Waals surface area (Å²) in [7, 11) is 0. The van der Waals surface area contributed by atoms with Gasteiger partial charge in [0.1, 0.15) is 11.9 Å². The molecule has 0 aromatic carbocycles. The lowest BCUT2D eigenvalue weighted by Crippen LogP contribution is -1.98. The molecule has 0 aliphatic heterocycles. The molecule has 0 spiro atoms. The third-order valence-corrected chi connectivity index (χ3v) is 1.32. The van der Waals surface area contributed by atoms with Crippen molar-refractivity contribution in [3.05, 3.63) is 34.1 Å². The van der Waals surface area contributed by atoms with Gasteiger partial charge >= 0.3 is 5.91 Å². The van der Waals surface area contributed by atoms with Crippen LogP contribution in [0.3, 0.4) is 0 Å². The van der Waals surface area contributed by atoms with Crippen LogP contribution in [0.5, 0.6) is 0 Å². The Hall–Kier alpha value is -2.40. The van der Waals surface area contributed by atoms with E-state index in [1.807, 2.05) is 0 Å². The molecule has 0 atom stereocenters. The van der Waals surface area contributed by atoms with Crippen molar-refractivity contribution in [2.75, 3.05) is 0 Å². The van der Waals surface area contributed by atoms with Crippen molar-refractivity contribution in [1.29, 1.82) is 0 Å². The molecule has 0 aliphatic carbocycles. The number of pyridine rings is 1. The highest BCUT2D eigenvalue weighted by molar-refractivity contribution is 5.95. The summed E-state index contributed by atoms with van der Waals surface area (Å²) in [4.78, 5) is 36.4. The Labute approximate surface area is 77.3 Å². The minimum atomic E-state index is -0.880. The quantitative estimate of drug-likeness (QED) is 0.294. The molecule has 0 saturated heterocycles. The molecule has 1 amide bonds. The maximum atomic E-state index is 10.9. The third-order valence-electron chi connectivity index (χ3n) is 1.32. The van der Waals surface area contributed by atoms with E-state index in [0.29, 0.717) is 0 Å². The highest BCUT2D eigenvalue weighted by Gasteiger charge is 2.09. The van der Waals surface area contributed by atoms with Gasteiger partial charge in [-0.3, -0.25) is 14.9 Å². The van der Waals surface area contributed by atoms with Gasteiger partial charge < -0.3 is 0 Å². The lowest BCUT2D eigenvalue weighted by molar-refractivity contribution is -0.385. The van der Waals surface area contributed by atoms with E-state index in [9.17, 15) is 19.7 Å². The van der Waals surface area contributed by atoms with Crippen LogP contribution in [-0.4, -0.2) is 21.9 Å². The van der Waals surface area contributed by atoms with E-state index in [2.05, 4.69) is 9.98 Å². The minimum absolute atomic E-state index is 0.140. The number of aromatic nitrogens is 1. The summed E-state index contributed by atoms with van der Waals surface area (Å²) in [5.41, 5.74) is -0.379. The second kappa shape index (κ2) is 4.01. The predicted octanol–water partition coefficient (Wildman–Crippen LogP) is 0.466. The number of aliphatic imine (C=N–C) groups is 1. The van der Waals surface area contributed by atoms with Gasteiger partial charge in [0, 0.05) is 6.07 Å². The van der Waals surface area contributed by atoms with Gasteiger partial charge in [-0.25, -0.2) is 9.78 Å². The van der Waals surface area contributed by atoms with Crippen LogP contribution in [0, 0.1) is 10.1 Å². The van der Waals surface area contributed by atoms with Crippen molar-refractivity contribution in [3.8, 4) is 0 Å². The molecule has 0 N–H and O–H groups in total. The Morgan fingerprint density at radius 1 is 1.57 bits per heavy atom. The molecule has 0 fully saturated rings. The van der Waals surface area contributed by atoms with Crippen molar-refractivity contribution in [3.63, 3.8) is 0 Å². The summed E-state index contributed by atoms with van der Waals surface area (Å²) in [6.07, 6.45) is 1.97. The smallest absolute Gasteiger partial charge is 0.264 e. The first kappa shape index (κ1) is 9.69. The summed E-state index contributed by atoms with van der Waals surface area (Å²) in [5, 5.41) is 10.2. The number of nitro groups is 1. The van der Waals surface area contributed by atoms with Gasteiger partial charge in [-0.15, -0.1) is 4.99 Å². The third kappa shape index (κ3) is 2.05. The molecule has 0 unspecified atom stereocenters. The standard InChI is InChI=1S/C7H3N3O4/c11-4-9-7(12)6-2-1-5(3-8-6)10(13)14/h1-3H. The molecule has 0 aliphatic rings. The van der Waals surface area contributed by atoms with Crippen molar-refractivity contribution in [2.24, 2.45) is 4.99 Å². The van der Waals surface area contributed by atoms with Crippen LogP contribution in [0.1, 0.15) is 10.5 Å². The molecule has 70 valence electrons. The van der Waals surface area contributed by atoms with Gasteiger partial charge in [0.15, 0.2) is 0 Å². The highest BCUT2D eigenvalue weighted by Crippen LogP contribution is 2.08. The Morgan fingerprint density at radius 3 is 2.71 bits per heavy atom. The summed E-state index contributed by atoms with van der Waals surface area (Å²) in [6, 6.07) is 2.21. The largest absolute Gasteiger partial charge is 0.306 e. The monoisotopic (exact) mass is 193 g/mol. The molecule has 0 radical (unpaired) electrons. The first-order chi connectivity index (χ1) is 6.65. The number of hydrogen-bond donors (Lipinski definition) is 0. The molecule has 7 heteroatoms. The van der Waals surface area contributed by atoms with Crippen LogP contribution in [-0.2, 0) is 4.79 Å². The molecule has 0 bridgehead atoms. The number of rotatable bonds is 2. The van der Waals surface area contributed by atoms with E-state index in [1.54, 1.807) is 0 Å². The fraction of sp³-hybridized carbons (Fsp3) is 0. The number of carbonyl (C=O) groups is 1. The van der Waals surface area contributed by atoms with E-state index in [-0.39, 0.29) is 11.4 Å². The number of nitrogens with zero attached hydrogens (tertiary/aromatic N) is 3. The van der Waals surface area contributed by atoms with Crippen molar-refractivity contribution < 1.29 is 14.5 Å². The molecule has 1 heterocycles. The van der Waals surface area contributed by atoms with Gasteiger partial charge in [-0.2, -0.15) is 0 Å². The average Bonchev–Trinajstić information content (AvgIpc) is 2.18. The van der Waals surface area contributed by atoms with Gasteiger partial charge in [-0.1, -0.05) is 0 Å². The highest BCUT2D eigenvalue weighted by atomic mass is 16.6. The fourth-order valence-electron chi connectivity index (χ4n) is 0.719. The van der Waals surface area contributed by atoms with Gasteiger partial charge in [-0.05, 0) is 6.07 Å². The van der Waals surface area contributed by atoms with E-state index in [0.717, 1.165) is 24.4 Å². The first-order valence-corrected chi connectivity index (χ1v) is 3.38. The van der Waals surface area contributed by atoms with Crippen LogP contribution in [0.15, 0.2) is 23.3 Å². The predicted molar refractivity (Wildman–Crippen MR) is 43.3 cm³/mol. The maximum Gasteiger partial charge on any atom is 0.306 e. The summed E-state index contributed by atoms with van der Waals surface area (Å²) >= 11 is 0. The van der Waals surface area contributed by atoms with Gasteiger partial charge in [0.2, 0.25) is 6.08 Å². The van der Waals surface area contributed by atoms with Crippen molar-refractivity contribution in [1.82, 2.24) is 4.98 Å². The Kier molecular flexibility index (Phi) is 2.78. The number of amides is 1. The van der Waals surface area contributed by atoms with E-state index < -0.39 is 10.8 Å². The zero-order chi connectivity index (χ0) is 10.6. The number of carbonyl (C=O) groups excluding carboxylic acids is 2. The van der Waals surface area contributed by atoms with Crippen LogP contribution in [0.2, 0.25) is 0 Å². The van der Waals surface area contributed by atoms with Gasteiger partial charge in [0.05, 0.1) is 4.92 Å². The summed E-state index contributed by atoms with van der Waals surface area (Å²) in [5.74, 6) is -0.880. The first-order valence-electron chi connectivity index (χ1n) is 3.38. The Balaban J connectivity index is 2.99. The lowest BCUT2D eigenvalue weighted by Gasteiger charge is -1.92. The zero-order valence-electron chi connectivity index (χ0n) is 6.71. The molecule has 7 nitrogen and oxygen atoms in total.